The van der Waals surface area contributed by atoms with Crippen molar-refractivity contribution < 1.29 is 5.11 Å². The Morgan fingerprint density at radius 1 is 0.809 bits per heavy atom. The molecule has 0 aliphatic carbocycles. The molecule has 0 unspecified atom stereocenters. The smallest absolute Gasteiger partial charge is 0.109 e. The zero-order valence-electron chi connectivity index (χ0n) is 28.8. The van der Waals surface area contributed by atoms with Crippen molar-refractivity contribution in [1.82, 2.24) is 30.8 Å². The molecule has 4 rings (SSSR count). The molecule has 4 aromatic rings. The second kappa shape index (κ2) is 19.8. The maximum Gasteiger partial charge on any atom is 0.109 e. The molecule has 2 heterocycles. The lowest BCUT2D eigenvalue weighted by Gasteiger charge is -2.23. The Morgan fingerprint density at radius 3 is 1.98 bits per heavy atom. The summed E-state index contributed by atoms with van der Waals surface area (Å²) in [5.41, 5.74) is 9.70. The quantitative estimate of drug-likeness (QED) is 0.0646. The van der Waals surface area contributed by atoms with Gasteiger partial charge >= 0.3 is 0 Å². The first-order valence-corrected chi connectivity index (χ1v) is 17.1. The van der Waals surface area contributed by atoms with Gasteiger partial charge in [0.1, 0.15) is 6.23 Å². The molecule has 0 aliphatic rings. The molecule has 2 aromatic carbocycles. The number of benzene rings is 2. The van der Waals surface area contributed by atoms with E-state index in [0.29, 0.717) is 18.9 Å². The molecule has 7 nitrogen and oxygen atoms in total. The first-order chi connectivity index (χ1) is 23.0. The summed E-state index contributed by atoms with van der Waals surface area (Å²) in [6.45, 7) is 15.4. The molecule has 2 atom stereocenters. The lowest BCUT2D eigenvalue weighted by atomic mass is 9.85. The van der Waals surface area contributed by atoms with Crippen molar-refractivity contribution in [1.29, 1.82) is 0 Å². The topological polar surface area (TPSA) is 85.3 Å². The third-order valence-corrected chi connectivity index (χ3v) is 8.78. The van der Waals surface area contributed by atoms with Crippen LogP contribution in [0.2, 0.25) is 0 Å². The standard InChI is InChI=1S/C40H54N6O/c1-5-31(3)40-32(4)12-11-15-38(40)35(6-2)26-39(47)45-27-33-16-18-34(19-17-33)30-46(24-22-41-28-36-13-7-9-20-43-36)25-23-42-29-37-14-8-10-21-44-37/h6-21,31,39,41-42,45,47H,5,22-30H2,1-4H3/b35-6-/t31-,39+/m0/s1. The van der Waals surface area contributed by atoms with Crippen molar-refractivity contribution in [3.8, 4) is 0 Å². The lowest BCUT2D eigenvalue weighted by Crippen LogP contribution is -2.36. The summed E-state index contributed by atoms with van der Waals surface area (Å²) in [7, 11) is 0. The minimum absolute atomic E-state index is 0.478. The molecule has 2 aromatic heterocycles. The van der Waals surface area contributed by atoms with Gasteiger partial charge in [0.05, 0.1) is 11.4 Å². The van der Waals surface area contributed by atoms with Crippen molar-refractivity contribution in [2.45, 2.75) is 78.9 Å². The third kappa shape index (κ3) is 12.1. The monoisotopic (exact) mass is 634 g/mol. The van der Waals surface area contributed by atoms with E-state index >= 15 is 0 Å². The molecule has 7 heteroatoms. The van der Waals surface area contributed by atoms with Crippen molar-refractivity contribution in [2.75, 3.05) is 26.2 Å². The number of hydrogen-bond donors (Lipinski definition) is 4. The van der Waals surface area contributed by atoms with E-state index in [-0.39, 0.29) is 0 Å². The van der Waals surface area contributed by atoms with Gasteiger partial charge in [-0.25, -0.2) is 0 Å². The van der Waals surface area contributed by atoms with Crippen LogP contribution in [0.1, 0.15) is 78.7 Å². The van der Waals surface area contributed by atoms with Gasteiger partial charge in [-0.15, -0.1) is 0 Å². The van der Waals surface area contributed by atoms with Crippen LogP contribution in [0.15, 0.2) is 97.3 Å². The van der Waals surface area contributed by atoms with Crippen LogP contribution in [0.4, 0.5) is 0 Å². The van der Waals surface area contributed by atoms with E-state index in [9.17, 15) is 5.11 Å². The summed E-state index contributed by atoms with van der Waals surface area (Å²) in [6, 6.07) is 27.3. The van der Waals surface area contributed by atoms with Crippen LogP contribution in [0.5, 0.6) is 0 Å². The van der Waals surface area contributed by atoms with Crippen molar-refractivity contribution >= 4 is 5.57 Å². The van der Waals surface area contributed by atoms with E-state index in [2.05, 4.69) is 119 Å². The number of nitrogens with zero attached hydrogens (tertiary/aromatic N) is 3. The van der Waals surface area contributed by atoms with Crippen molar-refractivity contribution in [3.05, 3.63) is 137 Å². The maximum absolute atomic E-state index is 11.0. The fourth-order valence-corrected chi connectivity index (χ4v) is 5.92. The number of allylic oxidation sites excluding steroid dienone is 1. The highest BCUT2D eigenvalue weighted by Gasteiger charge is 2.17. The number of aromatic nitrogens is 2. The molecule has 0 spiro atoms. The molecule has 0 saturated carbocycles. The molecular formula is C40H54N6O. The van der Waals surface area contributed by atoms with Gasteiger partial charge in [0.2, 0.25) is 0 Å². The average molecular weight is 635 g/mol. The molecule has 0 aliphatic heterocycles. The Bertz CT molecular complexity index is 1430. The van der Waals surface area contributed by atoms with Crippen LogP contribution in [0.3, 0.4) is 0 Å². The fourth-order valence-electron chi connectivity index (χ4n) is 5.92. The van der Waals surface area contributed by atoms with Crippen LogP contribution in [-0.2, 0) is 26.2 Å². The maximum atomic E-state index is 11.0. The minimum Gasteiger partial charge on any atom is -0.378 e. The van der Waals surface area contributed by atoms with Gasteiger partial charge in [-0.05, 0) is 83.8 Å². The Hall–Kier alpha value is -3.72. The molecular weight excluding hydrogens is 580 g/mol. The number of pyridine rings is 2. The highest BCUT2D eigenvalue weighted by atomic mass is 16.3. The summed E-state index contributed by atoms with van der Waals surface area (Å²) < 4.78 is 0. The number of nitrogens with one attached hydrogen (secondary N) is 3. The average Bonchev–Trinajstić information content (AvgIpc) is 3.11. The summed E-state index contributed by atoms with van der Waals surface area (Å²) in [4.78, 5) is 11.3. The van der Waals surface area contributed by atoms with E-state index < -0.39 is 6.23 Å². The summed E-state index contributed by atoms with van der Waals surface area (Å²) >= 11 is 0. The molecule has 47 heavy (non-hydrogen) atoms. The van der Waals surface area contributed by atoms with Crippen molar-refractivity contribution in [2.24, 2.45) is 0 Å². The number of aliphatic hydroxyl groups excluding tert-OH is 1. The van der Waals surface area contributed by atoms with Gasteiger partial charge < -0.3 is 15.7 Å². The van der Waals surface area contributed by atoms with Gasteiger partial charge in [0, 0.05) is 71.2 Å². The van der Waals surface area contributed by atoms with Crippen LogP contribution in [-0.4, -0.2) is 52.4 Å². The van der Waals surface area contributed by atoms with Crippen LogP contribution >= 0.6 is 0 Å². The molecule has 0 saturated heterocycles. The number of rotatable bonds is 20. The first kappa shape index (κ1) is 36.1. The van der Waals surface area contributed by atoms with Gasteiger partial charge in [-0.3, -0.25) is 20.2 Å². The highest BCUT2D eigenvalue weighted by molar-refractivity contribution is 5.70. The summed E-state index contributed by atoms with van der Waals surface area (Å²) in [6.07, 6.45) is 6.86. The second-order valence-electron chi connectivity index (χ2n) is 12.3. The fraction of sp³-hybridized carbons (Fsp3) is 0.400. The summed E-state index contributed by atoms with van der Waals surface area (Å²) in [5, 5.41) is 21.4. The molecule has 0 bridgehead atoms. The van der Waals surface area contributed by atoms with E-state index in [1.54, 1.807) is 0 Å². The van der Waals surface area contributed by atoms with E-state index in [1.807, 2.05) is 36.7 Å². The zero-order valence-corrected chi connectivity index (χ0v) is 28.8. The number of hydrogen-bond acceptors (Lipinski definition) is 7. The normalized spacial score (nSPS) is 13.2. The van der Waals surface area contributed by atoms with Gasteiger partial charge in [-0.1, -0.05) is 74.5 Å². The summed E-state index contributed by atoms with van der Waals surface area (Å²) in [5.74, 6) is 0.478. The Labute approximate surface area is 282 Å². The number of aliphatic hydroxyl groups is 1. The second-order valence-corrected chi connectivity index (χ2v) is 12.3. The van der Waals surface area contributed by atoms with Crippen LogP contribution in [0.25, 0.3) is 5.57 Å². The van der Waals surface area contributed by atoms with E-state index in [0.717, 1.165) is 69.2 Å². The SMILES string of the molecule is C/C=C(/C[C@@H](O)NCc1ccc(CN(CCNCc2ccccn2)CCNCc2ccccn2)cc1)c1cccc(C)c1[C@@H](C)CC. The Balaban J connectivity index is 1.28. The third-order valence-electron chi connectivity index (χ3n) is 8.78. The molecule has 0 amide bonds. The lowest BCUT2D eigenvalue weighted by molar-refractivity contribution is 0.140. The number of aryl methyl sites for hydroxylation is 1. The Morgan fingerprint density at radius 2 is 1.43 bits per heavy atom. The van der Waals surface area contributed by atoms with Crippen LogP contribution < -0.4 is 16.0 Å². The van der Waals surface area contributed by atoms with Gasteiger partial charge in [0.25, 0.3) is 0 Å². The predicted molar refractivity (Wildman–Crippen MR) is 195 cm³/mol. The predicted octanol–water partition coefficient (Wildman–Crippen LogP) is 6.58. The first-order valence-electron chi connectivity index (χ1n) is 17.1. The molecule has 0 radical (unpaired) electrons. The largest absolute Gasteiger partial charge is 0.378 e. The minimum atomic E-state index is -0.626. The zero-order chi connectivity index (χ0) is 33.3. The van der Waals surface area contributed by atoms with Gasteiger partial charge in [0.15, 0.2) is 0 Å². The molecule has 250 valence electrons. The Kier molecular flexibility index (Phi) is 15.2. The van der Waals surface area contributed by atoms with E-state index in [4.69, 9.17) is 0 Å². The highest BCUT2D eigenvalue weighted by Crippen LogP contribution is 2.32. The van der Waals surface area contributed by atoms with E-state index in [1.165, 1.54) is 27.8 Å². The van der Waals surface area contributed by atoms with Crippen LogP contribution in [0, 0.1) is 6.92 Å². The molecule has 0 fully saturated rings. The molecule has 4 N–H and O–H groups in total. The van der Waals surface area contributed by atoms with Crippen molar-refractivity contribution in [3.63, 3.8) is 0 Å². The van der Waals surface area contributed by atoms with Gasteiger partial charge in [-0.2, -0.15) is 0 Å².